The Labute approximate surface area is 114 Å². The molecule has 19 heavy (non-hydrogen) atoms. The smallest absolute Gasteiger partial charge is 0.117 e. The van der Waals surface area contributed by atoms with Crippen LogP contribution in [0.4, 0.5) is 0 Å². The summed E-state index contributed by atoms with van der Waals surface area (Å²) >= 11 is 0. The van der Waals surface area contributed by atoms with Crippen molar-refractivity contribution >= 4 is 0 Å². The van der Waals surface area contributed by atoms with E-state index in [1.807, 2.05) is 12.1 Å². The fourth-order valence-corrected chi connectivity index (χ4v) is 1.94. The van der Waals surface area contributed by atoms with Gasteiger partial charge in [0.1, 0.15) is 5.76 Å². The first-order valence-electron chi connectivity index (χ1n) is 6.53. The molecule has 5 nitrogen and oxygen atoms in total. The number of furan rings is 1. The standard InChI is InChI=1S/C14H22N4O/c1-12-14(16-11-15-12)10-18(7-6-17(2)3)9-13-5-4-8-19-13/h4-5,8,11H,6-7,9-10H2,1-3H3,(H,15,16). The number of hydrogen-bond acceptors (Lipinski definition) is 4. The summed E-state index contributed by atoms with van der Waals surface area (Å²) < 4.78 is 5.44. The average Bonchev–Trinajstić information content (AvgIpc) is 2.99. The van der Waals surface area contributed by atoms with Crippen molar-refractivity contribution in [2.24, 2.45) is 0 Å². The fraction of sp³-hybridized carbons (Fsp3) is 0.500. The monoisotopic (exact) mass is 262 g/mol. The predicted octanol–water partition coefficient (Wildman–Crippen LogP) is 1.87. The third kappa shape index (κ3) is 4.22. The zero-order chi connectivity index (χ0) is 13.7. The molecular formula is C14H22N4O. The van der Waals surface area contributed by atoms with Gasteiger partial charge in [-0.25, -0.2) is 4.98 Å². The van der Waals surface area contributed by atoms with Gasteiger partial charge in [0.25, 0.3) is 0 Å². The number of likely N-dealkylation sites (N-methyl/N-ethyl adjacent to an activating group) is 1. The molecule has 0 fully saturated rings. The summed E-state index contributed by atoms with van der Waals surface area (Å²) in [6, 6.07) is 3.94. The van der Waals surface area contributed by atoms with Crippen LogP contribution in [-0.2, 0) is 13.1 Å². The summed E-state index contributed by atoms with van der Waals surface area (Å²) in [7, 11) is 4.18. The first kappa shape index (κ1) is 13.8. The molecule has 0 aromatic carbocycles. The van der Waals surface area contributed by atoms with E-state index in [0.717, 1.165) is 43.3 Å². The molecule has 0 atom stereocenters. The van der Waals surface area contributed by atoms with Crippen molar-refractivity contribution in [1.29, 1.82) is 0 Å². The Morgan fingerprint density at radius 3 is 2.68 bits per heavy atom. The van der Waals surface area contributed by atoms with Crippen LogP contribution >= 0.6 is 0 Å². The lowest BCUT2D eigenvalue weighted by atomic mass is 10.3. The molecule has 0 saturated heterocycles. The third-order valence-corrected chi connectivity index (χ3v) is 3.13. The Morgan fingerprint density at radius 2 is 2.11 bits per heavy atom. The summed E-state index contributed by atoms with van der Waals surface area (Å²) in [4.78, 5) is 12.0. The van der Waals surface area contributed by atoms with Crippen molar-refractivity contribution < 1.29 is 4.42 Å². The Kier molecular flexibility index (Phi) is 4.76. The van der Waals surface area contributed by atoms with Gasteiger partial charge in [-0.3, -0.25) is 4.90 Å². The van der Waals surface area contributed by atoms with E-state index in [1.54, 1.807) is 12.6 Å². The van der Waals surface area contributed by atoms with Gasteiger partial charge in [-0.1, -0.05) is 0 Å². The maximum atomic E-state index is 5.44. The summed E-state index contributed by atoms with van der Waals surface area (Å²) in [5.74, 6) is 0.993. The van der Waals surface area contributed by atoms with E-state index in [9.17, 15) is 0 Å². The van der Waals surface area contributed by atoms with Gasteiger partial charge < -0.3 is 14.3 Å². The van der Waals surface area contributed by atoms with Gasteiger partial charge in [-0.15, -0.1) is 0 Å². The van der Waals surface area contributed by atoms with Crippen molar-refractivity contribution in [1.82, 2.24) is 19.8 Å². The largest absolute Gasteiger partial charge is 0.468 e. The SMILES string of the molecule is Cc1[nH]cnc1CN(CCN(C)C)Cc1ccco1. The van der Waals surface area contributed by atoms with E-state index in [0.29, 0.717) is 0 Å². The highest BCUT2D eigenvalue weighted by Gasteiger charge is 2.12. The number of nitrogens with zero attached hydrogens (tertiary/aromatic N) is 3. The van der Waals surface area contributed by atoms with E-state index in [1.165, 1.54) is 0 Å². The molecule has 2 aromatic heterocycles. The minimum atomic E-state index is 0.813. The molecule has 2 heterocycles. The molecule has 104 valence electrons. The van der Waals surface area contributed by atoms with Gasteiger partial charge in [0.2, 0.25) is 0 Å². The number of aromatic nitrogens is 2. The Bertz CT molecular complexity index is 475. The highest BCUT2D eigenvalue weighted by Crippen LogP contribution is 2.10. The van der Waals surface area contributed by atoms with Gasteiger partial charge >= 0.3 is 0 Å². The second kappa shape index (κ2) is 6.54. The van der Waals surface area contributed by atoms with Crippen LogP contribution in [0.1, 0.15) is 17.1 Å². The number of rotatable bonds is 7. The molecule has 2 aromatic rings. The molecule has 0 saturated carbocycles. The van der Waals surface area contributed by atoms with Crippen LogP contribution in [-0.4, -0.2) is 47.0 Å². The molecule has 5 heteroatoms. The molecule has 0 amide bonds. The van der Waals surface area contributed by atoms with Crippen LogP contribution in [0, 0.1) is 6.92 Å². The lowest BCUT2D eigenvalue weighted by molar-refractivity contribution is 0.208. The highest BCUT2D eigenvalue weighted by atomic mass is 16.3. The van der Waals surface area contributed by atoms with Crippen molar-refractivity contribution in [3.8, 4) is 0 Å². The molecule has 0 unspecified atom stereocenters. The average molecular weight is 262 g/mol. The molecule has 0 radical (unpaired) electrons. The summed E-state index contributed by atoms with van der Waals surface area (Å²) in [5, 5.41) is 0. The first-order chi connectivity index (χ1) is 9.15. The number of imidazole rings is 1. The molecule has 2 rings (SSSR count). The quantitative estimate of drug-likeness (QED) is 0.827. The van der Waals surface area contributed by atoms with Crippen LogP contribution in [0.2, 0.25) is 0 Å². The van der Waals surface area contributed by atoms with Crippen LogP contribution in [0.25, 0.3) is 0 Å². The second-order valence-corrected chi connectivity index (χ2v) is 5.07. The third-order valence-electron chi connectivity index (χ3n) is 3.13. The van der Waals surface area contributed by atoms with Crippen LogP contribution < -0.4 is 0 Å². The first-order valence-corrected chi connectivity index (χ1v) is 6.53. The topological polar surface area (TPSA) is 48.3 Å². The van der Waals surface area contributed by atoms with Crippen molar-refractivity contribution in [3.05, 3.63) is 41.9 Å². The number of hydrogen-bond donors (Lipinski definition) is 1. The lowest BCUT2D eigenvalue weighted by Crippen LogP contribution is -2.31. The van der Waals surface area contributed by atoms with E-state index in [4.69, 9.17) is 4.42 Å². The summed E-state index contributed by atoms with van der Waals surface area (Å²) in [5.41, 5.74) is 2.24. The van der Waals surface area contributed by atoms with Crippen molar-refractivity contribution in [2.75, 3.05) is 27.2 Å². The van der Waals surface area contributed by atoms with Gasteiger partial charge in [-0.2, -0.15) is 0 Å². The highest BCUT2D eigenvalue weighted by molar-refractivity contribution is 5.08. The molecule has 0 bridgehead atoms. The molecule has 0 aliphatic carbocycles. The van der Waals surface area contributed by atoms with Gasteiger partial charge in [0.05, 0.1) is 24.8 Å². The van der Waals surface area contributed by atoms with Gasteiger partial charge in [0.15, 0.2) is 0 Å². The zero-order valence-corrected chi connectivity index (χ0v) is 11.9. The number of aryl methyl sites for hydroxylation is 1. The van der Waals surface area contributed by atoms with Crippen LogP contribution in [0.5, 0.6) is 0 Å². The van der Waals surface area contributed by atoms with Gasteiger partial charge in [0, 0.05) is 25.3 Å². The van der Waals surface area contributed by atoms with E-state index >= 15 is 0 Å². The minimum absolute atomic E-state index is 0.813. The molecule has 1 N–H and O–H groups in total. The van der Waals surface area contributed by atoms with Gasteiger partial charge in [-0.05, 0) is 33.2 Å². The molecule has 0 aliphatic rings. The fourth-order valence-electron chi connectivity index (χ4n) is 1.94. The lowest BCUT2D eigenvalue weighted by Gasteiger charge is -2.22. The van der Waals surface area contributed by atoms with E-state index in [2.05, 4.69) is 40.8 Å². The predicted molar refractivity (Wildman–Crippen MR) is 74.7 cm³/mol. The maximum absolute atomic E-state index is 5.44. The molecular weight excluding hydrogens is 240 g/mol. The summed E-state index contributed by atoms with van der Waals surface area (Å²) in [6.07, 6.45) is 3.47. The van der Waals surface area contributed by atoms with E-state index in [-0.39, 0.29) is 0 Å². The van der Waals surface area contributed by atoms with Crippen LogP contribution in [0.15, 0.2) is 29.1 Å². The van der Waals surface area contributed by atoms with Crippen molar-refractivity contribution in [3.63, 3.8) is 0 Å². The normalized spacial score (nSPS) is 11.6. The zero-order valence-electron chi connectivity index (χ0n) is 11.9. The van der Waals surface area contributed by atoms with Crippen LogP contribution in [0.3, 0.4) is 0 Å². The maximum Gasteiger partial charge on any atom is 0.117 e. The molecule has 0 spiro atoms. The Balaban J connectivity index is 1.99. The second-order valence-electron chi connectivity index (χ2n) is 5.07. The minimum Gasteiger partial charge on any atom is -0.468 e. The van der Waals surface area contributed by atoms with E-state index < -0.39 is 0 Å². The number of nitrogens with one attached hydrogen (secondary N) is 1. The number of aromatic amines is 1. The number of H-pyrrole nitrogens is 1. The van der Waals surface area contributed by atoms with Crippen molar-refractivity contribution in [2.45, 2.75) is 20.0 Å². The summed E-state index contributed by atoms with van der Waals surface area (Å²) in [6.45, 7) is 5.71. The Hall–Kier alpha value is -1.59. The molecule has 0 aliphatic heterocycles. The Morgan fingerprint density at radius 1 is 1.26 bits per heavy atom.